The number of H-pyrrole nitrogens is 1. The first-order valence-electron chi connectivity index (χ1n) is 10.8. The quantitative estimate of drug-likeness (QED) is 0.518. The predicted octanol–water partition coefficient (Wildman–Crippen LogP) is 1.25. The van der Waals surface area contributed by atoms with Gasteiger partial charge in [-0.25, -0.2) is 9.18 Å². The molecule has 3 aromatic heterocycles. The summed E-state index contributed by atoms with van der Waals surface area (Å²) in [5.41, 5.74) is 2.48. The number of halogens is 1. The fourth-order valence-corrected chi connectivity index (χ4v) is 4.61. The highest BCUT2D eigenvalue weighted by molar-refractivity contribution is 5.76. The van der Waals surface area contributed by atoms with Gasteiger partial charge in [0.25, 0.3) is 5.56 Å². The summed E-state index contributed by atoms with van der Waals surface area (Å²) in [7, 11) is 1.61. The molecule has 5 rings (SSSR count). The van der Waals surface area contributed by atoms with Crippen molar-refractivity contribution in [1.29, 1.82) is 0 Å². The maximum Gasteiger partial charge on any atom is 0.329 e. The molecule has 10 heteroatoms. The van der Waals surface area contributed by atoms with Crippen LogP contribution in [0.5, 0.6) is 0 Å². The zero-order valence-electron chi connectivity index (χ0n) is 18.4. The first-order chi connectivity index (χ1) is 15.4. The molecular weight excluding hydrogens is 413 g/mol. The molecule has 1 fully saturated rings. The standard InChI is InChI=1S/C22H26FN7O2/c1-14-15(2)30-18-19(26(3)22(32)25-20(18)31)24-21(30)29(14)13-10-27-8-11-28(12-9-27)17-7-5-4-6-16(17)23/h4-7H,8-13H2,1-3H3,(H,25,31,32). The first kappa shape index (κ1) is 20.5. The number of rotatable bonds is 4. The topological polar surface area (TPSA) is 83.6 Å². The van der Waals surface area contributed by atoms with Gasteiger partial charge in [0.15, 0.2) is 11.2 Å². The van der Waals surface area contributed by atoms with Crippen LogP contribution in [0.3, 0.4) is 0 Å². The highest BCUT2D eigenvalue weighted by Gasteiger charge is 2.22. The van der Waals surface area contributed by atoms with Crippen LogP contribution in [0.2, 0.25) is 0 Å². The fourth-order valence-electron chi connectivity index (χ4n) is 4.61. The van der Waals surface area contributed by atoms with E-state index in [4.69, 9.17) is 0 Å². The second-order valence-electron chi connectivity index (χ2n) is 8.34. The molecule has 1 aliphatic heterocycles. The van der Waals surface area contributed by atoms with Gasteiger partial charge in [-0.2, -0.15) is 4.98 Å². The second-order valence-corrected chi connectivity index (χ2v) is 8.34. The van der Waals surface area contributed by atoms with Crippen molar-refractivity contribution in [1.82, 2.24) is 28.4 Å². The van der Waals surface area contributed by atoms with Gasteiger partial charge >= 0.3 is 5.69 Å². The van der Waals surface area contributed by atoms with E-state index in [1.807, 2.05) is 30.4 Å². The van der Waals surface area contributed by atoms with E-state index in [9.17, 15) is 14.0 Å². The van der Waals surface area contributed by atoms with E-state index in [1.54, 1.807) is 13.1 Å². The van der Waals surface area contributed by atoms with Crippen molar-refractivity contribution < 1.29 is 4.39 Å². The number of imidazole rings is 2. The van der Waals surface area contributed by atoms with Gasteiger partial charge in [-0.05, 0) is 26.0 Å². The van der Waals surface area contributed by atoms with Gasteiger partial charge in [0.05, 0.1) is 5.69 Å². The lowest BCUT2D eigenvalue weighted by Crippen LogP contribution is -2.47. The summed E-state index contributed by atoms with van der Waals surface area (Å²) in [5, 5.41) is 0. The molecule has 0 amide bonds. The Hall–Kier alpha value is -3.40. The van der Waals surface area contributed by atoms with Gasteiger partial charge in [0.1, 0.15) is 5.82 Å². The average Bonchev–Trinajstić information content (AvgIpc) is 3.28. The number of fused-ring (bicyclic) bond motifs is 3. The maximum absolute atomic E-state index is 14.1. The van der Waals surface area contributed by atoms with Crippen LogP contribution in [0.25, 0.3) is 16.9 Å². The van der Waals surface area contributed by atoms with E-state index < -0.39 is 11.2 Å². The van der Waals surface area contributed by atoms with Crippen LogP contribution in [0, 0.1) is 19.7 Å². The van der Waals surface area contributed by atoms with Gasteiger partial charge in [-0.15, -0.1) is 0 Å². The van der Waals surface area contributed by atoms with Gasteiger partial charge in [-0.3, -0.25) is 23.6 Å². The summed E-state index contributed by atoms with van der Waals surface area (Å²) in [4.78, 5) is 35.9. The number of piperazine rings is 1. The molecule has 0 bridgehead atoms. The lowest BCUT2D eigenvalue weighted by Gasteiger charge is -2.36. The highest BCUT2D eigenvalue weighted by atomic mass is 19.1. The van der Waals surface area contributed by atoms with Crippen LogP contribution < -0.4 is 16.1 Å². The van der Waals surface area contributed by atoms with Crippen molar-refractivity contribution in [2.24, 2.45) is 7.05 Å². The summed E-state index contributed by atoms with van der Waals surface area (Å²) < 4.78 is 19.4. The second kappa shape index (κ2) is 7.63. The molecule has 32 heavy (non-hydrogen) atoms. The van der Waals surface area contributed by atoms with Crippen LogP contribution in [-0.4, -0.2) is 61.1 Å². The summed E-state index contributed by atoms with van der Waals surface area (Å²) in [5.74, 6) is 0.476. The van der Waals surface area contributed by atoms with E-state index >= 15 is 0 Å². The molecule has 1 N–H and O–H groups in total. The number of nitrogens with one attached hydrogen (secondary N) is 1. The van der Waals surface area contributed by atoms with E-state index in [2.05, 4.69) is 24.3 Å². The minimum Gasteiger partial charge on any atom is -0.367 e. The summed E-state index contributed by atoms with van der Waals surface area (Å²) in [6.45, 7) is 8.71. The average molecular weight is 439 g/mol. The normalized spacial score (nSPS) is 15.3. The summed E-state index contributed by atoms with van der Waals surface area (Å²) in [6.07, 6.45) is 0. The number of benzene rings is 1. The molecule has 0 radical (unpaired) electrons. The molecule has 4 heterocycles. The number of hydrogen-bond donors (Lipinski definition) is 1. The zero-order chi connectivity index (χ0) is 22.6. The number of nitrogens with zero attached hydrogens (tertiary/aromatic N) is 6. The highest BCUT2D eigenvalue weighted by Crippen LogP contribution is 2.22. The predicted molar refractivity (Wildman–Crippen MR) is 121 cm³/mol. The Bertz CT molecular complexity index is 1440. The van der Waals surface area contributed by atoms with E-state index in [-0.39, 0.29) is 5.82 Å². The molecule has 0 aliphatic carbocycles. The van der Waals surface area contributed by atoms with E-state index in [0.29, 0.717) is 29.2 Å². The first-order valence-corrected chi connectivity index (χ1v) is 10.8. The van der Waals surface area contributed by atoms with Crippen LogP contribution in [-0.2, 0) is 13.6 Å². The number of aryl methyl sites for hydroxylation is 2. The summed E-state index contributed by atoms with van der Waals surface area (Å²) in [6, 6.07) is 6.90. The van der Waals surface area contributed by atoms with Crippen molar-refractivity contribution in [2.75, 3.05) is 37.6 Å². The number of para-hydroxylation sites is 1. The minimum atomic E-state index is -0.475. The van der Waals surface area contributed by atoms with Gasteiger partial charge in [-0.1, -0.05) is 12.1 Å². The van der Waals surface area contributed by atoms with Crippen molar-refractivity contribution >= 4 is 22.6 Å². The minimum absolute atomic E-state index is 0.183. The number of anilines is 1. The Kier molecular flexibility index (Phi) is 4.89. The van der Waals surface area contributed by atoms with E-state index in [0.717, 1.165) is 44.1 Å². The van der Waals surface area contributed by atoms with Gasteiger partial charge < -0.3 is 9.47 Å². The van der Waals surface area contributed by atoms with Crippen molar-refractivity contribution in [2.45, 2.75) is 20.4 Å². The fraction of sp³-hybridized carbons (Fsp3) is 0.409. The monoisotopic (exact) mass is 439 g/mol. The van der Waals surface area contributed by atoms with Crippen molar-refractivity contribution in [3.63, 3.8) is 0 Å². The van der Waals surface area contributed by atoms with Gasteiger partial charge in [0.2, 0.25) is 5.78 Å². The molecule has 1 aromatic carbocycles. The number of hydrogen-bond acceptors (Lipinski definition) is 5. The third kappa shape index (κ3) is 3.13. The van der Waals surface area contributed by atoms with Crippen molar-refractivity contribution in [3.8, 4) is 0 Å². The molecule has 0 atom stereocenters. The zero-order valence-corrected chi connectivity index (χ0v) is 18.4. The number of aromatic amines is 1. The molecule has 168 valence electrons. The molecule has 9 nitrogen and oxygen atoms in total. The van der Waals surface area contributed by atoms with Crippen LogP contribution in [0.1, 0.15) is 11.4 Å². The molecule has 1 aliphatic rings. The van der Waals surface area contributed by atoms with Crippen LogP contribution in [0.15, 0.2) is 33.9 Å². The smallest absolute Gasteiger partial charge is 0.329 e. The molecule has 4 aromatic rings. The van der Waals surface area contributed by atoms with Crippen LogP contribution >= 0.6 is 0 Å². The molecule has 0 spiro atoms. The molecular formula is C22H26FN7O2. The molecule has 1 saturated heterocycles. The van der Waals surface area contributed by atoms with Gasteiger partial charge in [0, 0.05) is 57.7 Å². The largest absolute Gasteiger partial charge is 0.367 e. The SMILES string of the molecule is Cc1c(C)n2c3c(=O)[nH]c(=O)n(C)c3nc2n1CCN1CCN(c2ccccc2F)CC1. The number of aromatic nitrogens is 5. The summed E-state index contributed by atoms with van der Waals surface area (Å²) >= 11 is 0. The Labute approximate surface area is 183 Å². The third-order valence-electron chi connectivity index (χ3n) is 6.61. The van der Waals surface area contributed by atoms with E-state index in [1.165, 1.54) is 10.6 Å². The molecule has 0 saturated carbocycles. The van der Waals surface area contributed by atoms with Crippen molar-refractivity contribution in [3.05, 3.63) is 62.3 Å². The lowest BCUT2D eigenvalue weighted by atomic mass is 10.2. The Morgan fingerprint density at radius 3 is 2.47 bits per heavy atom. The Balaban J connectivity index is 1.38. The molecule has 0 unspecified atom stereocenters. The third-order valence-corrected chi connectivity index (χ3v) is 6.61. The van der Waals surface area contributed by atoms with Crippen LogP contribution in [0.4, 0.5) is 10.1 Å². The Morgan fingerprint density at radius 2 is 1.75 bits per heavy atom. The lowest BCUT2D eigenvalue weighted by molar-refractivity contribution is 0.248. The Morgan fingerprint density at radius 1 is 1.03 bits per heavy atom. The maximum atomic E-state index is 14.1.